The Morgan fingerprint density at radius 3 is 2.80 bits per heavy atom. The molecule has 0 bridgehead atoms. The lowest BCUT2D eigenvalue weighted by atomic mass is 10.1. The van der Waals surface area contributed by atoms with Crippen molar-refractivity contribution >= 4 is 29.1 Å². The van der Waals surface area contributed by atoms with Gasteiger partial charge in [-0.3, -0.25) is 4.79 Å². The van der Waals surface area contributed by atoms with E-state index in [1.54, 1.807) is 0 Å². The summed E-state index contributed by atoms with van der Waals surface area (Å²) in [5.74, 6) is -0.348. The van der Waals surface area contributed by atoms with Gasteiger partial charge in [0, 0.05) is 6.42 Å². The fourth-order valence-corrected chi connectivity index (χ4v) is 2.81. The van der Waals surface area contributed by atoms with E-state index >= 15 is 0 Å². The van der Waals surface area contributed by atoms with Crippen LogP contribution in [0.4, 0.5) is 0 Å². The van der Waals surface area contributed by atoms with Crippen molar-refractivity contribution in [2.24, 2.45) is 0 Å². The lowest BCUT2D eigenvalue weighted by Gasteiger charge is -2.17. The Morgan fingerprint density at radius 1 is 1.35 bits per heavy atom. The summed E-state index contributed by atoms with van der Waals surface area (Å²) in [6.45, 7) is 0. The summed E-state index contributed by atoms with van der Waals surface area (Å²) in [6, 6.07) is 8.71. The van der Waals surface area contributed by atoms with Crippen molar-refractivity contribution in [3.05, 3.63) is 57.3 Å². The summed E-state index contributed by atoms with van der Waals surface area (Å²) >= 11 is 11.6. The molecule has 0 saturated carbocycles. The summed E-state index contributed by atoms with van der Waals surface area (Å²) in [4.78, 5) is 14.8. The van der Waals surface area contributed by atoms with E-state index in [-0.39, 0.29) is 16.8 Å². The highest BCUT2D eigenvalue weighted by molar-refractivity contribution is 6.41. The van der Waals surface area contributed by atoms with Gasteiger partial charge in [-0.15, -0.1) is 0 Å². The van der Waals surface area contributed by atoms with Gasteiger partial charge in [0.15, 0.2) is 0 Å². The summed E-state index contributed by atoms with van der Waals surface area (Å²) in [6.07, 6.45) is -0.0925. The van der Waals surface area contributed by atoms with Crippen LogP contribution >= 0.6 is 23.2 Å². The van der Waals surface area contributed by atoms with Gasteiger partial charge in [0.25, 0.3) is 5.91 Å². The average Bonchev–Trinajstić information content (AvgIpc) is 2.91. The lowest BCUT2D eigenvalue weighted by molar-refractivity contribution is 0.0854. The number of H-pyrrole nitrogens is 1. The number of carbonyl (C=O) groups is 1. The van der Waals surface area contributed by atoms with Gasteiger partial charge < -0.3 is 15.4 Å². The van der Waals surface area contributed by atoms with Gasteiger partial charge in [0.05, 0.1) is 17.2 Å². The molecule has 0 aliphatic heterocycles. The van der Waals surface area contributed by atoms with Crippen molar-refractivity contribution in [1.82, 2.24) is 10.3 Å². The van der Waals surface area contributed by atoms with Gasteiger partial charge in [-0.25, -0.2) is 0 Å². The molecule has 2 atom stereocenters. The van der Waals surface area contributed by atoms with Crippen molar-refractivity contribution in [1.29, 1.82) is 0 Å². The molecule has 0 fully saturated rings. The van der Waals surface area contributed by atoms with Crippen LogP contribution in [0.15, 0.2) is 30.3 Å². The quantitative estimate of drug-likeness (QED) is 0.798. The molecule has 104 valence electrons. The van der Waals surface area contributed by atoms with Crippen LogP contribution in [0, 0.1) is 0 Å². The van der Waals surface area contributed by atoms with Crippen LogP contribution in [-0.4, -0.2) is 22.1 Å². The Balaban J connectivity index is 1.83. The first-order valence-electron chi connectivity index (χ1n) is 6.17. The number of aromatic amines is 1. The maximum absolute atomic E-state index is 12.2. The Bertz CT molecular complexity index is 649. The number of carbonyl (C=O) groups excluding carboxylic acids is 1. The van der Waals surface area contributed by atoms with Crippen LogP contribution in [0.1, 0.15) is 27.7 Å². The van der Waals surface area contributed by atoms with Gasteiger partial charge in [-0.2, -0.15) is 0 Å². The van der Waals surface area contributed by atoms with E-state index in [1.165, 1.54) is 6.07 Å². The summed E-state index contributed by atoms with van der Waals surface area (Å²) < 4.78 is 0. The zero-order chi connectivity index (χ0) is 14.3. The molecule has 6 heteroatoms. The van der Waals surface area contributed by atoms with Crippen molar-refractivity contribution in [2.45, 2.75) is 18.6 Å². The standard InChI is InChI=1S/C14H12Cl2N2O2/c15-9-6-10(17-13(9)16)14(20)18-12-8-4-2-1-3-7(8)5-11(12)19/h1-4,6,11-12,17,19H,5H2,(H,18,20)/t11-,12+/m0/s1. The van der Waals surface area contributed by atoms with Gasteiger partial charge in [0.1, 0.15) is 10.8 Å². The molecule has 20 heavy (non-hydrogen) atoms. The normalized spacial score (nSPS) is 20.8. The number of nitrogens with one attached hydrogen (secondary N) is 2. The molecular formula is C14H12Cl2N2O2. The monoisotopic (exact) mass is 310 g/mol. The molecular weight excluding hydrogens is 299 g/mol. The number of hydrogen-bond acceptors (Lipinski definition) is 2. The third-order valence-electron chi connectivity index (χ3n) is 3.46. The van der Waals surface area contributed by atoms with Gasteiger partial charge >= 0.3 is 0 Å². The highest BCUT2D eigenvalue weighted by Gasteiger charge is 2.32. The highest BCUT2D eigenvalue weighted by Crippen LogP contribution is 2.31. The van der Waals surface area contributed by atoms with E-state index in [9.17, 15) is 9.90 Å². The molecule has 0 radical (unpaired) electrons. The minimum atomic E-state index is -0.628. The smallest absolute Gasteiger partial charge is 0.268 e. The molecule has 2 aromatic rings. The number of aliphatic hydroxyl groups excluding tert-OH is 1. The van der Waals surface area contributed by atoms with Crippen LogP contribution in [0.25, 0.3) is 0 Å². The maximum Gasteiger partial charge on any atom is 0.268 e. The van der Waals surface area contributed by atoms with E-state index in [4.69, 9.17) is 23.2 Å². The molecule has 0 unspecified atom stereocenters. The predicted octanol–water partition coefficient (Wildman–Crippen LogP) is 2.71. The molecule has 0 spiro atoms. The predicted molar refractivity (Wildman–Crippen MR) is 77.2 cm³/mol. The molecule has 1 aromatic carbocycles. The minimum Gasteiger partial charge on any atom is -0.390 e. The van der Waals surface area contributed by atoms with Gasteiger partial charge in [-0.05, 0) is 17.2 Å². The molecule has 1 aromatic heterocycles. The molecule has 3 N–H and O–H groups in total. The van der Waals surface area contributed by atoms with Gasteiger partial charge in [-0.1, -0.05) is 47.5 Å². The second kappa shape index (κ2) is 5.13. The zero-order valence-electron chi connectivity index (χ0n) is 10.4. The van der Waals surface area contributed by atoms with Crippen molar-refractivity contribution in [2.75, 3.05) is 0 Å². The Labute approximate surface area is 125 Å². The van der Waals surface area contributed by atoms with Crippen LogP contribution in [0.5, 0.6) is 0 Å². The number of rotatable bonds is 2. The molecule has 1 amide bonds. The minimum absolute atomic E-state index is 0.226. The SMILES string of the molecule is O=C(N[C@@H]1c2ccccc2C[C@@H]1O)c1cc(Cl)c(Cl)[nH]1. The first-order chi connectivity index (χ1) is 9.56. The average molecular weight is 311 g/mol. The molecule has 1 heterocycles. The van der Waals surface area contributed by atoms with Crippen molar-refractivity contribution in [3.63, 3.8) is 0 Å². The first-order valence-corrected chi connectivity index (χ1v) is 6.92. The fraction of sp³-hybridized carbons (Fsp3) is 0.214. The Morgan fingerprint density at radius 2 is 2.10 bits per heavy atom. The van der Waals surface area contributed by atoms with Crippen LogP contribution < -0.4 is 5.32 Å². The molecule has 3 rings (SSSR count). The largest absolute Gasteiger partial charge is 0.390 e. The van der Waals surface area contributed by atoms with Crippen LogP contribution in [0.2, 0.25) is 10.2 Å². The summed E-state index contributed by atoms with van der Waals surface area (Å²) in [5.41, 5.74) is 2.27. The van der Waals surface area contributed by atoms with E-state index in [0.717, 1.165) is 11.1 Å². The number of benzene rings is 1. The highest BCUT2D eigenvalue weighted by atomic mass is 35.5. The van der Waals surface area contributed by atoms with Crippen LogP contribution in [0.3, 0.4) is 0 Å². The number of fused-ring (bicyclic) bond motifs is 1. The molecule has 0 saturated heterocycles. The third kappa shape index (κ3) is 2.30. The number of hydrogen-bond donors (Lipinski definition) is 3. The van der Waals surface area contributed by atoms with E-state index in [2.05, 4.69) is 10.3 Å². The Hall–Kier alpha value is -1.49. The molecule has 1 aliphatic rings. The number of aromatic nitrogens is 1. The molecule has 1 aliphatic carbocycles. The van der Waals surface area contributed by atoms with Crippen LogP contribution in [-0.2, 0) is 6.42 Å². The first kappa shape index (κ1) is 13.5. The maximum atomic E-state index is 12.2. The number of aliphatic hydroxyl groups is 1. The topological polar surface area (TPSA) is 65.1 Å². The van der Waals surface area contributed by atoms with E-state index in [0.29, 0.717) is 11.4 Å². The fourth-order valence-electron chi connectivity index (χ4n) is 2.49. The second-order valence-corrected chi connectivity index (χ2v) is 5.55. The van der Waals surface area contributed by atoms with E-state index in [1.807, 2.05) is 24.3 Å². The number of halogens is 2. The molecule has 4 nitrogen and oxygen atoms in total. The third-order valence-corrected chi connectivity index (χ3v) is 4.15. The van der Waals surface area contributed by atoms with E-state index < -0.39 is 12.1 Å². The number of amides is 1. The Kier molecular flexibility index (Phi) is 3.46. The van der Waals surface area contributed by atoms with Crippen molar-refractivity contribution in [3.8, 4) is 0 Å². The summed E-state index contributed by atoms with van der Waals surface area (Å²) in [7, 11) is 0. The zero-order valence-corrected chi connectivity index (χ0v) is 11.9. The second-order valence-electron chi connectivity index (χ2n) is 4.77. The lowest BCUT2D eigenvalue weighted by Crippen LogP contribution is -2.34. The summed E-state index contributed by atoms with van der Waals surface area (Å²) in [5, 5.41) is 13.4. The van der Waals surface area contributed by atoms with Gasteiger partial charge in [0.2, 0.25) is 0 Å². The van der Waals surface area contributed by atoms with Crippen molar-refractivity contribution < 1.29 is 9.90 Å².